The Morgan fingerprint density at radius 2 is 1.83 bits per heavy atom. The second-order valence-electron chi connectivity index (χ2n) is 7.62. The number of likely N-dealkylation sites (tertiary alicyclic amines) is 1. The van der Waals surface area contributed by atoms with Gasteiger partial charge in [-0.1, -0.05) is 30.3 Å². The zero-order valence-corrected chi connectivity index (χ0v) is 17.9. The van der Waals surface area contributed by atoms with Crippen molar-refractivity contribution in [2.75, 3.05) is 44.2 Å². The van der Waals surface area contributed by atoms with Gasteiger partial charge in [0.25, 0.3) is 0 Å². The van der Waals surface area contributed by atoms with Gasteiger partial charge in [0.1, 0.15) is 5.82 Å². The lowest BCUT2D eigenvalue weighted by molar-refractivity contribution is -0.136. The number of carbonyl (C=O) groups excluding carboxylic acids is 2. The first-order chi connectivity index (χ1) is 14.1. The number of nitrogens with zero attached hydrogens (tertiary/aromatic N) is 4. The monoisotopic (exact) mass is 456 g/mol. The van der Waals surface area contributed by atoms with E-state index < -0.39 is 0 Å². The molecule has 1 atom stereocenters. The fourth-order valence-electron chi connectivity index (χ4n) is 4.03. The number of hydrogen-bond acceptors (Lipinski definition) is 4. The number of anilines is 1. The molecule has 7 heteroatoms. The highest BCUT2D eigenvalue weighted by Crippen LogP contribution is 2.22. The number of benzene rings is 1. The molecule has 0 saturated carbocycles. The Hall–Kier alpha value is -2.41. The Labute approximate surface area is 179 Å². The average molecular weight is 457 g/mol. The maximum Gasteiger partial charge on any atom is 0.228 e. The Kier molecular flexibility index (Phi) is 6.13. The van der Waals surface area contributed by atoms with Crippen LogP contribution in [0.1, 0.15) is 12.0 Å². The van der Waals surface area contributed by atoms with Crippen LogP contribution in [0.3, 0.4) is 0 Å². The van der Waals surface area contributed by atoms with Crippen LogP contribution in [0.2, 0.25) is 0 Å². The molecule has 4 rings (SSSR count). The van der Waals surface area contributed by atoms with Crippen LogP contribution in [0.5, 0.6) is 0 Å². The molecule has 0 radical (unpaired) electrons. The highest BCUT2D eigenvalue weighted by Gasteiger charge is 2.37. The van der Waals surface area contributed by atoms with E-state index in [2.05, 4.69) is 37.9 Å². The van der Waals surface area contributed by atoms with E-state index in [0.29, 0.717) is 32.6 Å². The van der Waals surface area contributed by atoms with Crippen LogP contribution in [0.15, 0.2) is 53.1 Å². The average Bonchev–Trinajstić information content (AvgIpc) is 3.14. The predicted octanol–water partition coefficient (Wildman–Crippen LogP) is 2.58. The summed E-state index contributed by atoms with van der Waals surface area (Å²) in [4.78, 5) is 35.7. The number of rotatable bonds is 5. The highest BCUT2D eigenvalue weighted by molar-refractivity contribution is 9.10. The van der Waals surface area contributed by atoms with Crippen LogP contribution in [0.25, 0.3) is 0 Å². The highest BCUT2D eigenvalue weighted by atomic mass is 79.9. The Balaban J connectivity index is 1.28. The van der Waals surface area contributed by atoms with Gasteiger partial charge < -0.3 is 14.7 Å². The number of halogens is 1. The van der Waals surface area contributed by atoms with Crippen LogP contribution < -0.4 is 4.90 Å². The summed E-state index contributed by atoms with van der Waals surface area (Å²) in [6.45, 7) is 4.09. The molecule has 1 unspecified atom stereocenters. The van der Waals surface area contributed by atoms with Gasteiger partial charge in [-0.05, 0) is 40.0 Å². The van der Waals surface area contributed by atoms with Crippen LogP contribution in [-0.4, -0.2) is 65.9 Å². The summed E-state index contributed by atoms with van der Waals surface area (Å²) in [7, 11) is 0. The van der Waals surface area contributed by atoms with E-state index in [1.165, 1.54) is 5.56 Å². The molecule has 3 heterocycles. The number of piperazine rings is 1. The third-order valence-electron chi connectivity index (χ3n) is 5.70. The van der Waals surface area contributed by atoms with E-state index in [1.54, 1.807) is 6.20 Å². The summed E-state index contributed by atoms with van der Waals surface area (Å²) < 4.78 is 0.956. The Bertz CT molecular complexity index is 851. The number of hydrogen-bond donors (Lipinski definition) is 0. The molecule has 2 aromatic rings. The Morgan fingerprint density at radius 1 is 1.07 bits per heavy atom. The summed E-state index contributed by atoms with van der Waals surface area (Å²) in [6, 6.07) is 14.1. The van der Waals surface area contributed by atoms with Crippen molar-refractivity contribution >= 4 is 33.6 Å². The SMILES string of the molecule is O=C1CC(C(=O)N2CCN(c3ccc(Br)cn3)CC2)CN1CCc1ccccc1. The summed E-state index contributed by atoms with van der Waals surface area (Å²) in [5.41, 5.74) is 1.22. The van der Waals surface area contributed by atoms with Crippen molar-refractivity contribution in [2.24, 2.45) is 5.92 Å². The lowest BCUT2D eigenvalue weighted by atomic mass is 10.1. The summed E-state index contributed by atoms with van der Waals surface area (Å²) in [5, 5.41) is 0. The van der Waals surface area contributed by atoms with E-state index in [4.69, 9.17) is 0 Å². The van der Waals surface area contributed by atoms with Gasteiger partial charge in [-0.2, -0.15) is 0 Å². The molecule has 0 N–H and O–H groups in total. The van der Waals surface area contributed by atoms with Crippen LogP contribution in [0, 0.1) is 5.92 Å². The maximum atomic E-state index is 13.0. The number of carbonyl (C=O) groups is 2. The first-order valence-electron chi connectivity index (χ1n) is 10.1. The summed E-state index contributed by atoms with van der Waals surface area (Å²) in [6.07, 6.45) is 2.95. The van der Waals surface area contributed by atoms with Gasteiger partial charge in [0.05, 0.1) is 5.92 Å². The number of pyridine rings is 1. The van der Waals surface area contributed by atoms with Gasteiger partial charge in [-0.3, -0.25) is 9.59 Å². The van der Waals surface area contributed by atoms with Crippen molar-refractivity contribution < 1.29 is 9.59 Å². The zero-order valence-electron chi connectivity index (χ0n) is 16.3. The fraction of sp³-hybridized carbons (Fsp3) is 0.409. The van der Waals surface area contributed by atoms with Gasteiger partial charge in [0.2, 0.25) is 11.8 Å². The third kappa shape index (κ3) is 4.78. The van der Waals surface area contributed by atoms with Gasteiger partial charge >= 0.3 is 0 Å². The molecular weight excluding hydrogens is 432 g/mol. The topological polar surface area (TPSA) is 56.8 Å². The fourth-order valence-corrected chi connectivity index (χ4v) is 4.27. The van der Waals surface area contributed by atoms with Crippen LogP contribution >= 0.6 is 15.9 Å². The van der Waals surface area contributed by atoms with E-state index >= 15 is 0 Å². The van der Waals surface area contributed by atoms with Crippen molar-refractivity contribution in [1.29, 1.82) is 0 Å². The maximum absolute atomic E-state index is 13.0. The smallest absolute Gasteiger partial charge is 0.228 e. The van der Waals surface area contributed by atoms with E-state index in [9.17, 15) is 9.59 Å². The number of aromatic nitrogens is 1. The first kappa shape index (κ1) is 19.9. The summed E-state index contributed by atoms with van der Waals surface area (Å²) >= 11 is 3.40. The number of amides is 2. The lowest BCUT2D eigenvalue weighted by Gasteiger charge is -2.36. The molecule has 2 aliphatic rings. The molecule has 29 heavy (non-hydrogen) atoms. The molecule has 1 aromatic heterocycles. The molecule has 1 aromatic carbocycles. The van der Waals surface area contributed by atoms with Crippen molar-refractivity contribution in [3.8, 4) is 0 Å². The lowest BCUT2D eigenvalue weighted by Crippen LogP contribution is -2.51. The van der Waals surface area contributed by atoms with Gasteiger partial charge in [0.15, 0.2) is 0 Å². The standard InChI is InChI=1S/C22H25BrN4O2/c23-19-6-7-20(24-15-19)25-10-12-26(13-11-25)22(29)18-14-21(28)27(16-18)9-8-17-4-2-1-3-5-17/h1-7,15,18H,8-14,16H2. The molecule has 0 aliphatic carbocycles. The summed E-state index contributed by atoms with van der Waals surface area (Å²) in [5.74, 6) is 0.931. The molecule has 2 amide bonds. The van der Waals surface area contributed by atoms with Crippen molar-refractivity contribution in [3.63, 3.8) is 0 Å². The second-order valence-corrected chi connectivity index (χ2v) is 8.54. The molecule has 2 aliphatic heterocycles. The minimum absolute atomic E-state index is 0.0944. The van der Waals surface area contributed by atoms with Crippen molar-refractivity contribution in [3.05, 3.63) is 58.7 Å². The van der Waals surface area contributed by atoms with Gasteiger partial charge in [-0.15, -0.1) is 0 Å². The molecule has 6 nitrogen and oxygen atoms in total. The largest absolute Gasteiger partial charge is 0.353 e. The second kappa shape index (κ2) is 8.95. The van der Waals surface area contributed by atoms with Crippen LogP contribution in [0.4, 0.5) is 5.82 Å². The zero-order chi connectivity index (χ0) is 20.2. The normalized spacial score (nSPS) is 19.7. The van der Waals surface area contributed by atoms with Gasteiger partial charge in [-0.25, -0.2) is 4.98 Å². The molecule has 0 spiro atoms. The minimum atomic E-state index is -0.212. The molecule has 2 saturated heterocycles. The quantitative estimate of drug-likeness (QED) is 0.693. The molecular formula is C22H25BrN4O2. The van der Waals surface area contributed by atoms with Crippen molar-refractivity contribution in [2.45, 2.75) is 12.8 Å². The van der Waals surface area contributed by atoms with Gasteiger partial charge in [0, 0.05) is 56.4 Å². The predicted molar refractivity (Wildman–Crippen MR) is 116 cm³/mol. The third-order valence-corrected chi connectivity index (χ3v) is 6.17. The van der Waals surface area contributed by atoms with Crippen molar-refractivity contribution in [1.82, 2.24) is 14.8 Å². The molecule has 152 valence electrons. The van der Waals surface area contributed by atoms with E-state index in [1.807, 2.05) is 40.1 Å². The van der Waals surface area contributed by atoms with E-state index in [-0.39, 0.29) is 17.7 Å². The van der Waals surface area contributed by atoms with E-state index in [0.717, 1.165) is 29.8 Å². The minimum Gasteiger partial charge on any atom is -0.353 e. The molecule has 2 fully saturated rings. The first-order valence-corrected chi connectivity index (χ1v) is 10.9. The Morgan fingerprint density at radius 3 is 2.52 bits per heavy atom. The van der Waals surface area contributed by atoms with Crippen LogP contribution in [-0.2, 0) is 16.0 Å². The molecule has 0 bridgehead atoms.